The average molecular weight is 847 g/mol. The van der Waals surface area contributed by atoms with Crippen LogP contribution >= 0.6 is 0 Å². The first-order valence-electron chi connectivity index (χ1n) is 12.7. The predicted octanol–water partition coefficient (Wildman–Crippen LogP) is -8.01. The second-order valence-electron chi connectivity index (χ2n) is 7.09. The van der Waals surface area contributed by atoms with Crippen molar-refractivity contribution in [2.45, 2.75) is 0 Å². The molecule has 0 N–H and O–H groups in total. The zero-order valence-electron chi connectivity index (χ0n) is 26.7. The van der Waals surface area contributed by atoms with Gasteiger partial charge in [-0.05, 0) is 0 Å². The van der Waals surface area contributed by atoms with E-state index in [4.69, 9.17) is 0 Å². The van der Waals surface area contributed by atoms with Crippen molar-refractivity contribution < 1.29 is 119 Å². The molecular weight excluding hydrogens is 801 g/mol. The fourth-order valence-corrected chi connectivity index (χ4v) is 1.49. The van der Waals surface area contributed by atoms with E-state index in [1.165, 1.54) is 35.5 Å². The standard InChI is InChI=1S/5C5H10O4.Ta/c5*1-8-2-3-9-4-5(6)7;/h5*2-4H2,1H3,(H,6,7);/q;;;;;+5/p-5. The van der Waals surface area contributed by atoms with Crippen molar-refractivity contribution in [3.05, 3.63) is 0 Å². The van der Waals surface area contributed by atoms with Crippen LogP contribution in [0.15, 0.2) is 0 Å². The molecule has 0 unspecified atom stereocenters. The number of carboxylic acids is 5. The maximum absolute atomic E-state index is 9.69. The molecule has 0 saturated heterocycles. The molecule has 0 fully saturated rings. The maximum atomic E-state index is 9.69. The molecular formula is C25H45O20Ta. The molecule has 0 aromatic rings. The monoisotopic (exact) mass is 846 g/mol. The Kier molecular flexibility index (Phi) is 63.6. The summed E-state index contributed by atoms with van der Waals surface area (Å²) in [6.45, 7) is 1.74. The molecule has 0 aliphatic carbocycles. The van der Waals surface area contributed by atoms with Crippen molar-refractivity contribution in [2.75, 3.05) is 135 Å². The summed E-state index contributed by atoms with van der Waals surface area (Å²) < 4.78 is 45.7. The Hall–Kier alpha value is -2.31. The fourth-order valence-electron chi connectivity index (χ4n) is 1.49. The summed E-state index contributed by atoms with van der Waals surface area (Å²) in [5.74, 6) is -6.01. The molecule has 0 bridgehead atoms. The van der Waals surface area contributed by atoms with Crippen LogP contribution < -0.4 is 25.5 Å². The minimum atomic E-state index is -1.20. The third-order valence-corrected chi connectivity index (χ3v) is 3.26. The van der Waals surface area contributed by atoms with Crippen molar-refractivity contribution in [1.29, 1.82) is 0 Å². The number of hydrogen-bond donors (Lipinski definition) is 0. The number of methoxy groups -OCH3 is 5. The average Bonchev–Trinajstić information content (AvgIpc) is 2.97. The summed E-state index contributed by atoms with van der Waals surface area (Å²) in [5, 5.41) is 48.4. The van der Waals surface area contributed by atoms with Gasteiger partial charge < -0.3 is 96.9 Å². The van der Waals surface area contributed by atoms with E-state index in [0.29, 0.717) is 66.1 Å². The normalized spacial score (nSPS) is 9.24. The molecule has 270 valence electrons. The summed E-state index contributed by atoms with van der Waals surface area (Å²) in [6.07, 6.45) is 0. The van der Waals surface area contributed by atoms with Crippen LogP contribution in [0.5, 0.6) is 0 Å². The minimum Gasteiger partial charge on any atom is -0.548 e. The Bertz CT molecular complexity index is 540. The van der Waals surface area contributed by atoms with E-state index in [0.717, 1.165) is 0 Å². The molecule has 0 atom stereocenters. The van der Waals surface area contributed by atoms with Gasteiger partial charge in [-0.1, -0.05) is 0 Å². The van der Waals surface area contributed by atoms with Gasteiger partial charge in [0, 0.05) is 35.5 Å². The molecule has 0 amide bonds. The smallest absolute Gasteiger partial charge is 0.548 e. The fraction of sp³-hybridized carbons (Fsp3) is 0.800. The van der Waals surface area contributed by atoms with E-state index in [-0.39, 0.29) is 55.4 Å². The van der Waals surface area contributed by atoms with Crippen LogP contribution in [-0.2, 0) is 93.7 Å². The number of carbonyl (C=O) groups excluding carboxylic acids is 5. The Morgan fingerprint density at radius 3 is 0.543 bits per heavy atom. The van der Waals surface area contributed by atoms with Gasteiger partial charge >= 0.3 is 22.4 Å². The Balaban J connectivity index is -0.000000108. The largest absolute Gasteiger partial charge is 5.00 e. The molecule has 0 aromatic heterocycles. The number of ether oxygens (including phenoxy) is 10. The van der Waals surface area contributed by atoms with Gasteiger partial charge in [0.05, 0.1) is 129 Å². The van der Waals surface area contributed by atoms with Crippen molar-refractivity contribution in [2.24, 2.45) is 0 Å². The zero-order valence-corrected chi connectivity index (χ0v) is 29.9. The Morgan fingerprint density at radius 2 is 0.457 bits per heavy atom. The number of carbonyl (C=O) groups is 5. The number of rotatable bonds is 25. The third-order valence-electron chi connectivity index (χ3n) is 3.26. The quantitative estimate of drug-likeness (QED) is 0.0771. The minimum absolute atomic E-state index is 0. The van der Waals surface area contributed by atoms with Crippen LogP contribution in [0.25, 0.3) is 0 Å². The van der Waals surface area contributed by atoms with E-state index >= 15 is 0 Å². The Morgan fingerprint density at radius 1 is 0.326 bits per heavy atom. The number of aliphatic carboxylic acids is 5. The second-order valence-corrected chi connectivity index (χ2v) is 7.09. The molecule has 0 radical (unpaired) electrons. The molecule has 0 heterocycles. The van der Waals surface area contributed by atoms with Gasteiger partial charge in [-0.3, -0.25) is 0 Å². The van der Waals surface area contributed by atoms with Gasteiger partial charge in [-0.25, -0.2) is 0 Å². The van der Waals surface area contributed by atoms with Crippen LogP contribution in [0.2, 0.25) is 0 Å². The van der Waals surface area contributed by atoms with Crippen LogP contribution in [-0.4, -0.2) is 164 Å². The van der Waals surface area contributed by atoms with Crippen molar-refractivity contribution in [3.63, 3.8) is 0 Å². The van der Waals surface area contributed by atoms with Crippen molar-refractivity contribution >= 4 is 29.8 Å². The second kappa shape index (κ2) is 52.2. The maximum Gasteiger partial charge on any atom is 5.00 e. The summed E-state index contributed by atoms with van der Waals surface area (Å²) in [4.78, 5) is 48.4. The summed E-state index contributed by atoms with van der Waals surface area (Å²) in [7, 11) is 7.58. The molecule has 20 nitrogen and oxygen atoms in total. The van der Waals surface area contributed by atoms with Gasteiger partial charge in [0.2, 0.25) is 0 Å². The summed E-state index contributed by atoms with van der Waals surface area (Å²) in [6, 6.07) is 0. The molecule has 0 aliphatic rings. The van der Waals surface area contributed by atoms with E-state index < -0.39 is 29.8 Å². The SMILES string of the molecule is COCCOCC(=O)[O-].COCCOCC(=O)[O-].COCCOCC(=O)[O-].COCCOCC(=O)[O-].COCCOCC(=O)[O-].[Ta+5]. The molecule has 0 spiro atoms. The predicted molar refractivity (Wildman–Crippen MR) is 139 cm³/mol. The molecule has 21 heteroatoms. The van der Waals surface area contributed by atoms with Crippen LogP contribution in [0.4, 0.5) is 0 Å². The molecule has 0 aliphatic heterocycles. The van der Waals surface area contributed by atoms with Gasteiger partial charge in [0.1, 0.15) is 0 Å². The van der Waals surface area contributed by atoms with Crippen molar-refractivity contribution in [1.82, 2.24) is 0 Å². The summed E-state index contributed by atoms with van der Waals surface area (Å²) in [5.41, 5.74) is 0. The zero-order chi connectivity index (χ0) is 35.6. The van der Waals surface area contributed by atoms with Gasteiger partial charge in [-0.15, -0.1) is 0 Å². The topological polar surface area (TPSA) is 293 Å². The van der Waals surface area contributed by atoms with Crippen molar-refractivity contribution in [3.8, 4) is 0 Å². The van der Waals surface area contributed by atoms with E-state index in [1.807, 2.05) is 0 Å². The number of hydrogen-bond acceptors (Lipinski definition) is 20. The number of carboxylic acid groups (broad SMARTS) is 5. The van der Waals surface area contributed by atoms with Crippen LogP contribution in [0, 0.1) is 0 Å². The molecule has 0 aromatic carbocycles. The van der Waals surface area contributed by atoms with Gasteiger partial charge in [0.15, 0.2) is 0 Å². The van der Waals surface area contributed by atoms with E-state index in [2.05, 4.69) is 47.4 Å². The van der Waals surface area contributed by atoms with Gasteiger partial charge in [-0.2, -0.15) is 0 Å². The van der Waals surface area contributed by atoms with Crippen LogP contribution in [0.3, 0.4) is 0 Å². The summed E-state index contributed by atoms with van der Waals surface area (Å²) >= 11 is 0. The van der Waals surface area contributed by atoms with E-state index in [9.17, 15) is 49.5 Å². The third kappa shape index (κ3) is 90.0. The first-order valence-corrected chi connectivity index (χ1v) is 12.7. The first kappa shape index (κ1) is 56.1. The first-order chi connectivity index (χ1) is 21.4. The molecule has 46 heavy (non-hydrogen) atoms. The molecule has 0 saturated carbocycles. The van der Waals surface area contributed by atoms with Gasteiger partial charge in [0.25, 0.3) is 0 Å². The van der Waals surface area contributed by atoms with Crippen LogP contribution in [0.1, 0.15) is 0 Å². The molecule has 0 rings (SSSR count). The van der Waals surface area contributed by atoms with E-state index in [1.54, 1.807) is 0 Å². The Labute approximate surface area is 283 Å².